The molecule has 0 unspecified atom stereocenters. The summed E-state index contributed by atoms with van der Waals surface area (Å²) in [5, 5.41) is 11.1. The van der Waals surface area contributed by atoms with Crippen LogP contribution in [0.4, 0.5) is 11.4 Å². The molecule has 0 aromatic heterocycles. The predicted molar refractivity (Wildman–Crippen MR) is 84.5 cm³/mol. The van der Waals surface area contributed by atoms with Crippen molar-refractivity contribution in [3.8, 4) is 0 Å². The number of nitro groups is 1. The van der Waals surface area contributed by atoms with E-state index in [9.17, 15) is 18.5 Å². The van der Waals surface area contributed by atoms with Crippen molar-refractivity contribution in [3.05, 3.63) is 64.2 Å². The Hall–Kier alpha value is -2.41. The van der Waals surface area contributed by atoms with Gasteiger partial charge in [0.1, 0.15) is 0 Å². The van der Waals surface area contributed by atoms with Crippen LogP contribution in [0.1, 0.15) is 12.5 Å². The van der Waals surface area contributed by atoms with E-state index in [1.165, 1.54) is 24.3 Å². The molecule has 2 aromatic carbocycles. The van der Waals surface area contributed by atoms with Gasteiger partial charge in [0, 0.05) is 12.6 Å². The molecule has 0 aliphatic carbocycles. The third kappa shape index (κ3) is 2.94. The number of rotatable bonds is 5. The summed E-state index contributed by atoms with van der Waals surface area (Å²) in [5.74, 6) is 0. The average molecular weight is 320 g/mol. The van der Waals surface area contributed by atoms with E-state index >= 15 is 0 Å². The van der Waals surface area contributed by atoms with Crippen molar-refractivity contribution < 1.29 is 13.3 Å². The molecule has 0 saturated carbocycles. The summed E-state index contributed by atoms with van der Waals surface area (Å²) in [6.45, 7) is 3.76. The Morgan fingerprint density at radius 1 is 1.09 bits per heavy atom. The summed E-state index contributed by atoms with van der Waals surface area (Å²) in [4.78, 5) is 10.1. The number of nitro benzene ring substituents is 1. The molecule has 0 amide bonds. The van der Waals surface area contributed by atoms with Gasteiger partial charge in [0.05, 0.1) is 10.6 Å². The fraction of sp³-hybridized carbons (Fsp3) is 0.200. The second kappa shape index (κ2) is 6.15. The van der Waals surface area contributed by atoms with Gasteiger partial charge in [-0.15, -0.1) is 0 Å². The Morgan fingerprint density at radius 3 is 2.23 bits per heavy atom. The van der Waals surface area contributed by atoms with Gasteiger partial charge in [-0.2, -0.15) is 0 Å². The summed E-state index contributed by atoms with van der Waals surface area (Å²) in [5.41, 5.74) is 1.06. The molecule has 22 heavy (non-hydrogen) atoms. The van der Waals surface area contributed by atoms with Crippen LogP contribution in [0.2, 0.25) is 0 Å². The van der Waals surface area contributed by atoms with Gasteiger partial charge in [-0.05, 0) is 32.0 Å². The predicted octanol–water partition coefficient (Wildman–Crippen LogP) is 3.12. The zero-order valence-electron chi connectivity index (χ0n) is 12.3. The van der Waals surface area contributed by atoms with Crippen molar-refractivity contribution >= 4 is 21.4 Å². The highest BCUT2D eigenvalue weighted by molar-refractivity contribution is 7.93. The molecule has 0 saturated heterocycles. The van der Waals surface area contributed by atoms with Gasteiger partial charge >= 0.3 is 0 Å². The molecular weight excluding hydrogens is 304 g/mol. The Labute approximate surface area is 129 Å². The third-order valence-corrected chi connectivity index (χ3v) is 5.19. The largest absolute Gasteiger partial charge is 0.289 e. The fourth-order valence-corrected chi connectivity index (χ4v) is 3.78. The summed E-state index contributed by atoms with van der Waals surface area (Å²) in [7, 11) is -4.00. The van der Waals surface area contributed by atoms with Gasteiger partial charge in [-0.1, -0.05) is 29.8 Å². The lowest BCUT2D eigenvalue weighted by Crippen LogP contribution is -2.31. The molecule has 116 valence electrons. The zero-order valence-corrected chi connectivity index (χ0v) is 13.1. The van der Waals surface area contributed by atoms with Crippen LogP contribution in [0.25, 0.3) is 0 Å². The summed E-state index contributed by atoms with van der Waals surface area (Å²) < 4.78 is 26.8. The number of benzene rings is 2. The maximum atomic E-state index is 12.8. The van der Waals surface area contributed by atoms with Gasteiger partial charge in [0.15, 0.2) is 4.90 Å². The summed E-state index contributed by atoms with van der Waals surface area (Å²) >= 11 is 0. The molecule has 0 radical (unpaired) electrons. The number of nitrogens with zero attached hydrogens (tertiary/aromatic N) is 2. The second-order valence-corrected chi connectivity index (χ2v) is 6.56. The van der Waals surface area contributed by atoms with E-state index in [4.69, 9.17) is 0 Å². The fourth-order valence-electron chi connectivity index (χ4n) is 2.15. The van der Waals surface area contributed by atoms with E-state index in [0.717, 1.165) is 9.87 Å². The van der Waals surface area contributed by atoms with Crippen molar-refractivity contribution in [1.82, 2.24) is 0 Å². The molecule has 6 nitrogen and oxygen atoms in total. The molecule has 0 bridgehead atoms. The van der Waals surface area contributed by atoms with Crippen molar-refractivity contribution in [2.75, 3.05) is 10.8 Å². The molecule has 0 fully saturated rings. The van der Waals surface area contributed by atoms with Crippen LogP contribution < -0.4 is 4.31 Å². The second-order valence-electron chi connectivity index (χ2n) is 4.73. The lowest BCUT2D eigenvalue weighted by Gasteiger charge is -2.22. The highest BCUT2D eigenvalue weighted by atomic mass is 32.2. The zero-order chi connectivity index (χ0) is 16.3. The Balaban J connectivity index is 2.57. The quantitative estimate of drug-likeness (QED) is 0.626. The number of sulfonamides is 1. The Kier molecular flexibility index (Phi) is 4.46. The highest BCUT2D eigenvalue weighted by Crippen LogP contribution is 2.29. The van der Waals surface area contributed by atoms with Gasteiger partial charge in [-0.25, -0.2) is 8.42 Å². The van der Waals surface area contributed by atoms with Gasteiger partial charge in [0.25, 0.3) is 15.7 Å². The lowest BCUT2D eigenvalue weighted by atomic mass is 10.2. The van der Waals surface area contributed by atoms with Crippen LogP contribution in [0.15, 0.2) is 53.4 Å². The van der Waals surface area contributed by atoms with Crippen molar-refractivity contribution in [2.45, 2.75) is 18.7 Å². The highest BCUT2D eigenvalue weighted by Gasteiger charge is 2.30. The minimum atomic E-state index is -4.00. The van der Waals surface area contributed by atoms with E-state index in [-0.39, 0.29) is 11.4 Å². The third-order valence-electron chi connectivity index (χ3n) is 3.24. The minimum Gasteiger partial charge on any atom is -0.266 e. The van der Waals surface area contributed by atoms with Crippen molar-refractivity contribution in [1.29, 1.82) is 0 Å². The van der Waals surface area contributed by atoms with Crippen molar-refractivity contribution in [2.24, 2.45) is 0 Å². The molecular formula is C15H16N2O4S. The normalized spacial score (nSPS) is 11.2. The first-order valence-corrected chi connectivity index (χ1v) is 8.14. The van der Waals surface area contributed by atoms with Crippen LogP contribution >= 0.6 is 0 Å². The maximum Gasteiger partial charge on any atom is 0.289 e. The molecule has 7 heteroatoms. The molecule has 2 rings (SSSR count). The number of hydrogen-bond acceptors (Lipinski definition) is 4. The molecule has 0 heterocycles. The van der Waals surface area contributed by atoms with Gasteiger partial charge in [-0.3, -0.25) is 14.4 Å². The van der Waals surface area contributed by atoms with Crippen LogP contribution in [-0.2, 0) is 10.0 Å². The average Bonchev–Trinajstić information content (AvgIpc) is 2.49. The first-order chi connectivity index (χ1) is 10.4. The van der Waals surface area contributed by atoms with Crippen LogP contribution in [0.5, 0.6) is 0 Å². The van der Waals surface area contributed by atoms with E-state index in [1.807, 2.05) is 6.92 Å². The first kappa shape index (κ1) is 16.0. The lowest BCUT2D eigenvalue weighted by molar-refractivity contribution is -0.387. The molecule has 0 atom stereocenters. The van der Waals surface area contributed by atoms with E-state index in [0.29, 0.717) is 5.69 Å². The molecule has 2 aromatic rings. The standard InChI is InChI=1S/C15H16N2O4S/c1-3-16(13-10-8-12(2)9-11-13)22(20,21)15-7-5-4-6-14(15)17(18)19/h4-11H,3H2,1-2H3. The number of para-hydroxylation sites is 1. The number of hydrogen-bond donors (Lipinski definition) is 0. The topological polar surface area (TPSA) is 80.5 Å². The van der Waals surface area contributed by atoms with Crippen LogP contribution in [-0.4, -0.2) is 19.9 Å². The summed E-state index contributed by atoms with van der Waals surface area (Å²) in [6.07, 6.45) is 0. The maximum absolute atomic E-state index is 12.8. The van der Waals surface area contributed by atoms with E-state index < -0.39 is 20.6 Å². The van der Waals surface area contributed by atoms with Crippen molar-refractivity contribution in [3.63, 3.8) is 0 Å². The molecule has 0 aliphatic heterocycles. The first-order valence-electron chi connectivity index (χ1n) is 6.70. The van der Waals surface area contributed by atoms with Gasteiger partial charge < -0.3 is 0 Å². The smallest absolute Gasteiger partial charge is 0.266 e. The Morgan fingerprint density at radius 2 is 1.68 bits per heavy atom. The van der Waals surface area contributed by atoms with Gasteiger partial charge in [0.2, 0.25) is 0 Å². The number of anilines is 1. The Bertz CT molecular complexity index is 785. The van der Waals surface area contributed by atoms with Crippen LogP contribution in [0, 0.1) is 17.0 Å². The summed E-state index contributed by atoms with van der Waals surface area (Å²) in [6, 6.07) is 12.3. The van der Waals surface area contributed by atoms with E-state index in [1.54, 1.807) is 31.2 Å². The minimum absolute atomic E-state index is 0.178. The molecule has 0 N–H and O–H groups in total. The van der Waals surface area contributed by atoms with Crippen LogP contribution in [0.3, 0.4) is 0 Å². The monoisotopic (exact) mass is 320 g/mol. The molecule has 0 spiro atoms. The SMILES string of the molecule is CCN(c1ccc(C)cc1)S(=O)(=O)c1ccccc1[N+](=O)[O-]. The number of aryl methyl sites for hydroxylation is 1. The molecule has 0 aliphatic rings. The van der Waals surface area contributed by atoms with E-state index in [2.05, 4.69) is 0 Å².